The lowest BCUT2D eigenvalue weighted by Crippen LogP contribution is -2.56. The maximum Gasteiger partial charge on any atom is 0.337 e. The van der Waals surface area contributed by atoms with Gasteiger partial charge in [-0.1, -0.05) is 36.5 Å². The number of allylic oxidation sites excluding steroid dienone is 6. The SMILES string of the molecule is O=C(Cn1c(=O)n(CC(=O)OCC2CC=CCC2)c(=O)n(CC(=O)OCC2CC=CCC2)c1=O)OCC1CC=CCC1. The first-order valence-electron chi connectivity index (χ1n) is 14.7. The molecule has 12 nitrogen and oxygen atoms in total. The Morgan fingerprint density at radius 3 is 1.05 bits per heavy atom. The molecule has 0 aromatic carbocycles. The number of aromatic nitrogens is 3. The zero-order valence-electron chi connectivity index (χ0n) is 23.8. The van der Waals surface area contributed by atoms with Gasteiger partial charge in [-0.25, -0.2) is 28.1 Å². The molecule has 0 fully saturated rings. The third kappa shape index (κ3) is 8.77. The number of nitrogens with zero attached hydrogens (tertiary/aromatic N) is 3. The van der Waals surface area contributed by atoms with Crippen LogP contribution in [0.1, 0.15) is 57.8 Å². The molecule has 12 heteroatoms. The van der Waals surface area contributed by atoms with Crippen molar-refractivity contribution < 1.29 is 28.6 Å². The Morgan fingerprint density at radius 1 is 0.524 bits per heavy atom. The molecule has 0 saturated heterocycles. The van der Waals surface area contributed by atoms with Crippen LogP contribution in [0.3, 0.4) is 0 Å². The van der Waals surface area contributed by atoms with Gasteiger partial charge in [-0.3, -0.25) is 14.4 Å². The molecule has 0 radical (unpaired) electrons. The van der Waals surface area contributed by atoms with Gasteiger partial charge >= 0.3 is 35.0 Å². The minimum Gasteiger partial charge on any atom is -0.464 e. The van der Waals surface area contributed by atoms with Crippen LogP contribution in [0.4, 0.5) is 0 Å². The molecule has 1 aromatic rings. The molecule has 1 aromatic heterocycles. The van der Waals surface area contributed by atoms with E-state index in [2.05, 4.69) is 18.2 Å². The fraction of sp³-hybridized carbons (Fsp3) is 0.600. The largest absolute Gasteiger partial charge is 0.464 e. The van der Waals surface area contributed by atoms with E-state index >= 15 is 0 Å². The first-order chi connectivity index (χ1) is 20.3. The molecular formula is C30H39N3O9. The average molecular weight is 586 g/mol. The van der Waals surface area contributed by atoms with Crippen LogP contribution in [-0.4, -0.2) is 51.4 Å². The van der Waals surface area contributed by atoms with Crippen LogP contribution in [0.5, 0.6) is 0 Å². The van der Waals surface area contributed by atoms with E-state index in [0.29, 0.717) is 13.7 Å². The van der Waals surface area contributed by atoms with Gasteiger partial charge in [-0.05, 0) is 75.5 Å². The highest BCUT2D eigenvalue weighted by atomic mass is 16.5. The van der Waals surface area contributed by atoms with E-state index in [4.69, 9.17) is 14.2 Å². The molecule has 0 bridgehead atoms. The smallest absolute Gasteiger partial charge is 0.337 e. The van der Waals surface area contributed by atoms with Crippen LogP contribution in [0, 0.1) is 17.8 Å². The molecule has 3 unspecified atom stereocenters. The van der Waals surface area contributed by atoms with Gasteiger partial charge in [0.2, 0.25) is 0 Å². The molecule has 0 N–H and O–H groups in total. The maximum absolute atomic E-state index is 13.2. The summed E-state index contributed by atoms with van der Waals surface area (Å²) in [7, 11) is 0. The topological polar surface area (TPSA) is 145 Å². The second-order valence-corrected chi connectivity index (χ2v) is 11.1. The summed E-state index contributed by atoms with van der Waals surface area (Å²) in [6, 6.07) is 0. The zero-order valence-corrected chi connectivity index (χ0v) is 23.8. The van der Waals surface area contributed by atoms with Crippen molar-refractivity contribution in [2.24, 2.45) is 17.8 Å². The molecule has 0 saturated carbocycles. The van der Waals surface area contributed by atoms with Crippen molar-refractivity contribution in [3.63, 3.8) is 0 Å². The van der Waals surface area contributed by atoms with Gasteiger partial charge in [0, 0.05) is 0 Å². The summed E-state index contributed by atoms with van der Waals surface area (Å²) >= 11 is 0. The summed E-state index contributed by atoms with van der Waals surface area (Å²) in [6.45, 7) is -1.99. The summed E-state index contributed by atoms with van der Waals surface area (Å²) in [5.41, 5.74) is -3.50. The van der Waals surface area contributed by atoms with Crippen LogP contribution in [0.15, 0.2) is 50.8 Å². The number of rotatable bonds is 12. The Kier molecular flexibility index (Phi) is 11.3. The Labute approximate surface area is 243 Å². The molecular weight excluding hydrogens is 546 g/mol. The third-order valence-corrected chi connectivity index (χ3v) is 7.82. The molecule has 3 atom stereocenters. The Bertz CT molecular complexity index is 1200. The Hall–Kier alpha value is -3.96. The van der Waals surface area contributed by atoms with Gasteiger partial charge in [0.15, 0.2) is 0 Å². The van der Waals surface area contributed by atoms with Crippen molar-refractivity contribution in [2.45, 2.75) is 77.4 Å². The van der Waals surface area contributed by atoms with E-state index in [1.807, 2.05) is 18.2 Å². The Balaban J connectivity index is 1.50. The van der Waals surface area contributed by atoms with Crippen molar-refractivity contribution in [3.05, 3.63) is 67.9 Å². The monoisotopic (exact) mass is 585 g/mol. The van der Waals surface area contributed by atoms with Crippen LogP contribution in [-0.2, 0) is 48.2 Å². The number of carbonyl (C=O) groups excluding carboxylic acids is 3. The van der Waals surface area contributed by atoms with E-state index in [1.165, 1.54) is 0 Å². The number of carbonyl (C=O) groups is 3. The van der Waals surface area contributed by atoms with Crippen molar-refractivity contribution >= 4 is 17.9 Å². The lowest BCUT2D eigenvalue weighted by Gasteiger charge is -2.19. The number of hydrogen-bond acceptors (Lipinski definition) is 9. The fourth-order valence-electron chi connectivity index (χ4n) is 5.27. The van der Waals surface area contributed by atoms with Gasteiger partial charge in [0.1, 0.15) is 19.6 Å². The van der Waals surface area contributed by atoms with Crippen molar-refractivity contribution in [3.8, 4) is 0 Å². The van der Waals surface area contributed by atoms with Gasteiger partial charge in [0.05, 0.1) is 19.8 Å². The number of esters is 3. The second-order valence-electron chi connectivity index (χ2n) is 11.1. The predicted molar refractivity (Wildman–Crippen MR) is 152 cm³/mol. The third-order valence-electron chi connectivity index (χ3n) is 7.82. The second kappa shape index (κ2) is 15.3. The van der Waals surface area contributed by atoms with Gasteiger partial charge in [-0.15, -0.1) is 0 Å². The van der Waals surface area contributed by atoms with Gasteiger partial charge in [0.25, 0.3) is 0 Å². The van der Waals surface area contributed by atoms with E-state index in [0.717, 1.165) is 57.8 Å². The van der Waals surface area contributed by atoms with E-state index in [-0.39, 0.29) is 37.6 Å². The van der Waals surface area contributed by atoms with E-state index in [1.54, 1.807) is 0 Å². The summed E-state index contributed by atoms with van der Waals surface area (Å²) in [4.78, 5) is 77.6. The average Bonchev–Trinajstić information content (AvgIpc) is 3.02. The van der Waals surface area contributed by atoms with Crippen LogP contribution >= 0.6 is 0 Å². The molecule has 1 heterocycles. The molecule has 0 aliphatic heterocycles. The standard InChI is InChI=1S/C30H39N3O9/c34-25(40-19-22-10-4-1-5-11-22)16-31-28(37)32(17-26(35)41-20-23-12-6-2-7-13-23)30(39)33(29(31)38)18-27(36)42-21-24-14-8-3-9-15-24/h1-4,6,8,22-24H,5,7,9-21H2. The Morgan fingerprint density at radius 2 is 0.810 bits per heavy atom. The highest BCUT2D eigenvalue weighted by Crippen LogP contribution is 2.19. The summed E-state index contributed by atoms with van der Waals surface area (Å²) in [5.74, 6) is -2.15. The van der Waals surface area contributed by atoms with Gasteiger partial charge < -0.3 is 14.2 Å². The molecule has 228 valence electrons. The normalized spacial score (nSPS) is 21.6. The minimum absolute atomic E-state index is 0.122. The van der Waals surface area contributed by atoms with Crippen LogP contribution in [0.25, 0.3) is 0 Å². The van der Waals surface area contributed by atoms with Crippen molar-refractivity contribution in [1.82, 2.24) is 13.7 Å². The van der Waals surface area contributed by atoms with E-state index in [9.17, 15) is 28.8 Å². The fourth-order valence-corrected chi connectivity index (χ4v) is 5.27. The molecule has 3 aliphatic carbocycles. The molecule has 42 heavy (non-hydrogen) atoms. The first kappa shape index (κ1) is 31.0. The van der Waals surface area contributed by atoms with Crippen LogP contribution in [0.2, 0.25) is 0 Å². The first-order valence-corrected chi connectivity index (χ1v) is 14.7. The van der Waals surface area contributed by atoms with Crippen molar-refractivity contribution in [1.29, 1.82) is 0 Å². The quantitative estimate of drug-likeness (QED) is 0.204. The minimum atomic E-state index is -1.17. The van der Waals surface area contributed by atoms with E-state index < -0.39 is 54.6 Å². The summed E-state index contributed by atoms with van der Waals surface area (Å²) < 4.78 is 17.5. The lowest BCUT2D eigenvalue weighted by molar-refractivity contribution is -0.146. The highest BCUT2D eigenvalue weighted by molar-refractivity contribution is 5.70. The maximum atomic E-state index is 13.2. The summed E-state index contributed by atoms with van der Waals surface area (Å²) in [6.07, 6.45) is 19.6. The van der Waals surface area contributed by atoms with Crippen molar-refractivity contribution in [2.75, 3.05) is 19.8 Å². The molecule has 0 spiro atoms. The predicted octanol–water partition coefficient (Wildman–Crippen LogP) is 1.87. The zero-order chi connectivity index (χ0) is 29.9. The summed E-state index contributed by atoms with van der Waals surface area (Å²) in [5, 5.41) is 0. The molecule has 4 rings (SSSR count). The lowest BCUT2D eigenvalue weighted by atomic mass is 9.95. The number of ether oxygens (including phenoxy) is 3. The van der Waals surface area contributed by atoms with Crippen LogP contribution < -0.4 is 17.1 Å². The molecule has 3 aliphatic rings. The highest BCUT2D eigenvalue weighted by Gasteiger charge is 2.24. The molecule has 0 amide bonds. The van der Waals surface area contributed by atoms with Gasteiger partial charge in [-0.2, -0.15) is 0 Å². The number of hydrogen-bond donors (Lipinski definition) is 0.